The highest BCUT2D eigenvalue weighted by Gasteiger charge is 2.25. The van der Waals surface area contributed by atoms with E-state index in [1.807, 2.05) is 0 Å². The zero-order valence-corrected chi connectivity index (χ0v) is 17.8. The number of nitrogens with zero attached hydrogens (tertiary/aromatic N) is 3. The summed E-state index contributed by atoms with van der Waals surface area (Å²) >= 11 is 6.29. The minimum atomic E-state index is -1.64. The third-order valence-electron chi connectivity index (χ3n) is 4.82. The van der Waals surface area contributed by atoms with Crippen molar-refractivity contribution < 1.29 is 33.3 Å². The van der Waals surface area contributed by atoms with Crippen molar-refractivity contribution in [2.24, 2.45) is 5.73 Å². The van der Waals surface area contributed by atoms with Gasteiger partial charge in [0.05, 0.1) is 11.6 Å². The van der Waals surface area contributed by atoms with Gasteiger partial charge in [0.25, 0.3) is 0 Å². The van der Waals surface area contributed by atoms with E-state index in [2.05, 4.69) is 10.1 Å². The lowest BCUT2D eigenvalue weighted by atomic mass is 10.1. The van der Waals surface area contributed by atoms with Crippen LogP contribution < -0.4 is 10.5 Å². The number of benzene rings is 2. The molecule has 0 aliphatic heterocycles. The van der Waals surface area contributed by atoms with Gasteiger partial charge in [-0.3, -0.25) is 4.79 Å². The highest BCUT2D eigenvalue weighted by atomic mass is 35.5. The summed E-state index contributed by atoms with van der Waals surface area (Å²) in [5.74, 6) is -5.38. The van der Waals surface area contributed by atoms with Gasteiger partial charge in [-0.25, -0.2) is 18.3 Å². The summed E-state index contributed by atoms with van der Waals surface area (Å²) < 4.78 is 33.9. The van der Waals surface area contributed by atoms with E-state index in [4.69, 9.17) is 22.1 Å². The summed E-state index contributed by atoms with van der Waals surface area (Å²) in [4.78, 5) is 27.5. The summed E-state index contributed by atoms with van der Waals surface area (Å²) in [5.41, 5.74) is 5.34. The number of hydrogen-bond acceptors (Lipinski definition) is 6. The molecule has 0 bridgehead atoms. The van der Waals surface area contributed by atoms with Gasteiger partial charge in [-0.15, -0.1) is 0 Å². The van der Waals surface area contributed by atoms with Crippen molar-refractivity contribution in [2.45, 2.75) is 12.6 Å². The van der Waals surface area contributed by atoms with Crippen LogP contribution in [0.2, 0.25) is 5.02 Å². The van der Waals surface area contributed by atoms with Crippen LogP contribution in [0.5, 0.6) is 11.6 Å². The second-order valence-electron chi connectivity index (χ2n) is 7.12. The smallest absolute Gasteiger partial charge is 0.341 e. The van der Waals surface area contributed by atoms with Gasteiger partial charge in [-0.05, 0) is 24.3 Å². The molecule has 1 unspecified atom stereocenters. The number of carbonyl (C=O) groups excluding carboxylic acids is 1. The van der Waals surface area contributed by atoms with E-state index in [1.54, 1.807) is 24.3 Å². The monoisotopic (exact) mass is 488 g/mol. The molecule has 0 aliphatic rings. The molecule has 2 heterocycles. The maximum absolute atomic E-state index is 14.1. The lowest BCUT2D eigenvalue weighted by Crippen LogP contribution is -2.32. The largest absolute Gasteiger partial charge is 0.477 e. The first kappa shape index (κ1) is 23.1. The van der Waals surface area contributed by atoms with Gasteiger partial charge >= 0.3 is 5.97 Å². The third-order valence-corrected chi connectivity index (χ3v) is 5.15. The Hall–Kier alpha value is -4.09. The molecule has 0 saturated heterocycles. The number of primary amides is 1. The Morgan fingerprint density at radius 3 is 2.56 bits per heavy atom. The topological polar surface area (TPSA) is 141 Å². The first-order valence-corrected chi connectivity index (χ1v) is 10.0. The molecule has 1 atom stereocenters. The zero-order valence-electron chi connectivity index (χ0n) is 17.1. The highest BCUT2D eigenvalue weighted by Crippen LogP contribution is 2.36. The average molecular weight is 489 g/mol. The van der Waals surface area contributed by atoms with Crippen molar-refractivity contribution in [1.29, 1.82) is 0 Å². The number of aromatic nitrogens is 3. The summed E-state index contributed by atoms with van der Waals surface area (Å²) in [6, 6.07) is 10.3. The molecule has 0 spiro atoms. The Morgan fingerprint density at radius 1 is 1.18 bits per heavy atom. The number of fused-ring (bicyclic) bond motifs is 1. The molecule has 4 N–H and O–H groups in total. The minimum absolute atomic E-state index is 0.00209. The molecule has 34 heavy (non-hydrogen) atoms. The van der Waals surface area contributed by atoms with Gasteiger partial charge in [0.1, 0.15) is 17.1 Å². The molecule has 0 fully saturated rings. The van der Waals surface area contributed by atoms with E-state index in [9.17, 15) is 28.6 Å². The standard InChI is InChI=1S/C22H15ClF2N4O5/c23-14-4-2-1-3-11(14)18-12-8-13(22(32)33)21(34-17-6-5-10(24)7-15(17)25)27-20(12)29(28-18)9-16(30)19(26)31/h1-8,16,30H,9H2,(H2,26,31)(H,32,33). The normalized spacial score (nSPS) is 12.0. The van der Waals surface area contributed by atoms with Gasteiger partial charge in [-0.2, -0.15) is 10.1 Å². The van der Waals surface area contributed by atoms with Gasteiger partial charge in [0.15, 0.2) is 23.3 Å². The van der Waals surface area contributed by atoms with Crippen molar-refractivity contribution in [3.05, 3.63) is 70.8 Å². The first-order chi connectivity index (χ1) is 16.2. The predicted octanol–water partition coefficient (Wildman–Crippen LogP) is 3.37. The van der Waals surface area contributed by atoms with E-state index >= 15 is 0 Å². The molecule has 12 heteroatoms. The fourth-order valence-corrected chi connectivity index (χ4v) is 3.43. The van der Waals surface area contributed by atoms with Gasteiger partial charge in [0.2, 0.25) is 11.8 Å². The number of aliphatic hydroxyl groups is 1. The number of rotatable bonds is 7. The fraction of sp³-hybridized carbons (Fsp3) is 0.0909. The Kier molecular flexibility index (Phi) is 6.14. The Morgan fingerprint density at radius 2 is 1.91 bits per heavy atom. The van der Waals surface area contributed by atoms with E-state index in [-0.39, 0.29) is 16.7 Å². The maximum Gasteiger partial charge on any atom is 0.341 e. The number of aliphatic hydroxyl groups excluding tert-OH is 1. The van der Waals surface area contributed by atoms with Gasteiger partial charge < -0.3 is 20.7 Å². The van der Waals surface area contributed by atoms with Crippen molar-refractivity contribution in [2.75, 3.05) is 0 Å². The van der Waals surface area contributed by atoms with E-state index in [0.717, 1.165) is 16.8 Å². The molecular formula is C22H15ClF2N4O5. The number of pyridine rings is 1. The molecule has 1 amide bonds. The molecule has 0 saturated carbocycles. The number of carboxylic acids is 1. The summed E-state index contributed by atoms with van der Waals surface area (Å²) in [5, 5.41) is 24.6. The van der Waals surface area contributed by atoms with Crippen LogP contribution in [0.4, 0.5) is 8.78 Å². The number of nitrogens with two attached hydrogens (primary N) is 1. The molecule has 4 rings (SSSR count). The van der Waals surface area contributed by atoms with Gasteiger partial charge in [-0.1, -0.05) is 29.8 Å². The minimum Gasteiger partial charge on any atom is -0.477 e. The second kappa shape index (κ2) is 9.04. The van der Waals surface area contributed by atoms with Crippen LogP contribution in [0, 0.1) is 11.6 Å². The molecule has 0 radical (unpaired) electrons. The lowest BCUT2D eigenvalue weighted by Gasteiger charge is -2.11. The first-order valence-electron chi connectivity index (χ1n) is 9.65. The highest BCUT2D eigenvalue weighted by molar-refractivity contribution is 6.33. The van der Waals surface area contributed by atoms with Crippen molar-refractivity contribution in [1.82, 2.24) is 14.8 Å². The SMILES string of the molecule is NC(=O)C(O)Cn1nc(-c2ccccc2Cl)c2cc(C(=O)O)c(Oc3ccc(F)cc3F)nc21. The quantitative estimate of drug-likeness (QED) is 0.362. The average Bonchev–Trinajstić information content (AvgIpc) is 3.12. The fourth-order valence-electron chi connectivity index (χ4n) is 3.21. The lowest BCUT2D eigenvalue weighted by molar-refractivity contribution is -0.126. The van der Waals surface area contributed by atoms with Crippen molar-refractivity contribution >= 4 is 34.5 Å². The van der Waals surface area contributed by atoms with E-state index in [1.165, 1.54) is 6.07 Å². The van der Waals surface area contributed by atoms with Crippen LogP contribution in [0.25, 0.3) is 22.3 Å². The Bertz CT molecular complexity index is 1440. The number of carboxylic acid groups (broad SMARTS) is 1. The van der Waals surface area contributed by atoms with Gasteiger partial charge in [0, 0.05) is 17.0 Å². The van der Waals surface area contributed by atoms with Crippen LogP contribution in [0.15, 0.2) is 48.5 Å². The number of halogens is 3. The second-order valence-corrected chi connectivity index (χ2v) is 7.53. The molecule has 4 aromatic rings. The summed E-state index contributed by atoms with van der Waals surface area (Å²) in [6.07, 6.45) is -1.64. The summed E-state index contributed by atoms with van der Waals surface area (Å²) in [6.45, 7) is -0.417. The number of carbonyl (C=O) groups is 2. The van der Waals surface area contributed by atoms with E-state index in [0.29, 0.717) is 16.7 Å². The Balaban J connectivity index is 1.95. The van der Waals surface area contributed by atoms with E-state index < -0.39 is 53.4 Å². The number of aromatic carboxylic acids is 1. The van der Waals surface area contributed by atoms with Crippen LogP contribution in [0.1, 0.15) is 10.4 Å². The predicted molar refractivity (Wildman–Crippen MR) is 117 cm³/mol. The number of ether oxygens (including phenoxy) is 1. The Labute approximate surface area is 195 Å². The maximum atomic E-state index is 14.1. The number of amides is 1. The number of hydrogen-bond donors (Lipinski definition) is 3. The van der Waals surface area contributed by atoms with Crippen LogP contribution in [-0.4, -0.2) is 43.0 Å². The molecule has 0 aliphatic carbocycles. The van der Waals surface area contributed by atoms with Crippen LogP contribution >= 0.6 is 11.6 Å². The summed E-state index contributed by atoms with van der Waals surface area (Å²) in [7, 11) is 0. The van der Waals surface area contributed by atoms with Crippen molar-refractivity contribution in [3.8, 4) is 22.9 Å². The van der Waals surface area contributed by atoms with Crippen LogP contribution in [0.3, 0.4) is 0 Å². The molecule has 174 valence electrons. The molecule has 2 aromatic carbocycles. The molecule has 2 aromatic heterocycles. The molecular weight excluding hydrogens is 474 g/mol. The van der Waals surface area contributed by atoms with Crippen LogP contribution in [-0.2, 0) is 11.3 Å². The third kappa shape index (κ3) is 4.38. The van der Waals surface area contributed by atoms with Crippen molar-refractivity contribution in [3.63, 3.8) is 0 Å². The molecule has 9 nitrogen and oxygen atoms in total. The zero-order chi connectivity index (χ0) is 24.6.